The molecule has 0 aliphatic carbocycles. The maximum atomic E-state index is 9.61. The molecular formula is C26H21N3O2. The van der Waals surface area contributed by atoms with E-state index in [0.29, 0.717) is 6.61 Å². The molecule has 0 saturated heterocycles. The van der Waals surface area contributed by atoms with E-state index >= 15 is 0 Å². The van der Waals surface area contributed by atoms with E-state index in [4.69, 9.17) is 9.72 Å². The molecule has 0 unspecified atom stereocenters. The normalized spacial score (nSPS) is 11.0. The van der Waals surface area contributed by atoms with E-state index in [9.17, 15) is 5.11 Å². The molecule has 5 nitrogen and oxygen atoms in total. The molecule has 31 heavy (non-hydrogen) atoms. The Morgan fingerprint density at radius 2 is 1.61 bits per heavy atom. The smallest absolute Gasteiger partial charge is 0.138 e. The second-order valence-corrected chi connectivity index (χ2v) is 7.25. The largest absolute Gasteiger partial charge is 0.489 e. The number of aliphatic hydroxyl groups excluding tert-OH is 1. The SMILES string of the molecule is OCc1ccc2nc(-c3ccccn3)c(-c3ccc(OCc4ccccc4)cc3)n2c1. The number of benzene rings is 2. The van der Waals surface area contributed by atoms with Crippen LogP contribution in [0.4, 0.5) is 0 Å². The Kier molecular flexibility index (Phi) is 5.17. The molecule has 0 radical (unpaired) electrons. The van der Waals surface area contributed by atoms with Crippen molar-refractivity contribution in [3.63, 3.8) is 0 Å². The molecule has 5 heteroatoms. The second kappa shape index (κ2) is 8.42. The molecule has 0 atom stereocenters. The quantitative estimate of drug-likeness (QED) is 0.424. The first kappa shape index (κ1) is 19.0. The van der Waals surface area contributed by atoms with Gasteiger partial charge in [-0.15, -0.1) is 0 Å². The summed E-state index contributed by atoms with van der Waals surface area (Å²) in [4.78, 5) is 9.32. The molecule has 5 aromatic rings. The number of rotatable bonds is 6. The van der Waals surface area contributed by atoms with Gasteiger partial charge in [-0.05, 0) is 53.6 Å². The lowest BCUT2D eigenvalue weighted by Gasteiger charge is -2.09. The third-order valence-electron chi connectivity index (χ3n) is 5.15. The average molecular weight is 407 g/mol. The summed E-state index contributed by atoms with van der Waals surface area (Å²) in [6.45, 7) is 0.494. The highest BCUT2D eigenvalue weighted by Crippen LogP contribution is 2.33. The monoisotopic (exact) mass is 407 g/mol. The Morgan fingerprint density at radius 1 is 0.806 bits per heavy atom. The van der Waals surface area contributed by atoms with E-state index in [1.165, 1.54) is 0 Å². The summed E-state index contributed by atoms with van der Waals surface area (Å²) in [5, 5.41) is 9.61. The lowest BCUT2D eigenvalue weighted by Crippen LogP contribution is -1.96. The second-order valence-electron chi connectivity index (χ2n) is 7.25. The van der Waals surface area contributed by atoms with Crippen LogP contribution in [0, 0.1) is 0 Å². The highest BCUT2D eigenvalue weighted by atomic mass is 16.5. The summed E-state index contributed by atoms with van der Waals surface area (Å²) >= 11 is 0. The Bertz CT molecular complexity index is 1300. The first-order valence-electron chi connectivity index (χ1n) is 10.1. The number of imidazole rings is 1. The van der Waals surface area contributed by atoms with Crippen LogP contribution in [0.5, 0.6) is 5.75 Å². The number of nitrogens with zero attached hydrogens (tertiary/aromatic N) is 3. The van der Waals surface area contributed by atoms with Gasteiger partial charge in [-0.1, -0.05) is 42.5 Å². The number of pyridine rings is 2. The van der Waals surface area contributed by atoms with Crippen molar-refractivity contribution in [3.05, 3.63) is 108 Å². The van der Waals surface area contributed by atoms with Crippen LogP contribution in [-0.4, -0.2) is 19.5 Å². The minimum atomic E-state index is -0.0290. The van der Waals surface area contributed by atoms with Gasteiger partial charge in [0.1, 0.15) is 23.7 Å². The van der Waals surface area contributed by atoms with Crippen molar-refractivity contribution in [2.24, 2.45) is 0 Å². The molecule has 5 rings (SSSR count). The van der Waals surface area contributed by atoms with Crippen LogP contribution in [0.15, 0.2) is 97.3 Å². The topological polar surface area (TPSA) is 59.7 Å². The van der Waals surface area contributed by atoms with Crippen molar-refractivity contribution < 1.29 is 9.84 Å². The van der Waals surface area contributed by atoms with E-state index < -0.39 is 0 Å². The minimum absolute atomic E-state index is 0.0290. The molecule has 2 aromatic carbocycles. The molecule has 1 N–H and O–H groups in total. The van der Waals surface area contributed by atoms with Gasteiger partial charge < -0.3 is 9.84 Å². The number of hydrogen-bond acceptors (Lipinski definition) is 4. The minimum Gasteiger partial charge on any atom is -0.489 e. The van der Waals surface area contributed by atoms with Crippen LogP contribution in [0.2, 0.25) is 0 Å². The van der Waals surface area contributed by atoms with Gasteiger partial charge >= 0.3 is 0 Å². The van der Waals surface area contributed by atoms with Crippen molar-refractivity contribution in [3.8, 4) is 28.4 Å². The molecule has 3 heterocycles. The van der Waals surface area contributed by atoms with Crippen LogP contribution in [0.3, 0.4) is 0 Å². The highest BCUT2D eigenvalue weighted by Gasteiger charge is 2.17. The number of aromatic nitrogens is 3. The first-order valence-corrected chi connectivity index (χ1v) is 10.1. The van der Waals surface area contributed by atoms with E-state index in [2.05, 4.69) is 4.98 Å². The summed E-state index contributed by atoms with van der Waals surface area (Å²) in [6, 6.07) is 27.7. The van der Waals surface area contributed by atoms with Gasteiger partial charge in [0.15, 0.2) is 0 Å². The molecule has 0 saturated carbocycles. The van der Waals surface area contributed by atoms with Gasteiger partial charge in [0.05, 0.1) is 18.0 Å². The van der Waals surface area contributed by atoms with E-state index in [-0.39, 0.29) is 6.61 Å². The molecule has 152 valence electrons. The molecule has 0 amide bonds. The molecule has 0 fully saturated rings. The zero-order chi connectivity index (χ0) is 21.0. The van der Waals surface area contributed by atoms with Crippen LogP contribution in [0.1, 0.15) is 11.1 Å². The summed E-state index contributed by atoms with van der Waals surface area (Å²) in [5.41, 5.74) is 6.28. The Morgan fingerprint density at radius 3 is 2.35 bits per heavy atom. The van der Waals surface area contributed by atoms with Crippen molar-refractivity contribution in [2.45, 2.75) is 13.2 Å². The lowest BCUT2D eigenvalue weighted by molar-refractivity contribution is 0.281. The fraction of sp³-hybridized carbons (Fsp3) is 0.0769. The van der Waals surface area contributed by atoms with Crippen molar-refractivity contribution in [1.82, 2.24) is 14.4 Å². The van der Waals surface area contributed by atoms with Gasteiger partial charge in [0.25, 0.3) is 0 Å². The summed E-state index contributed by atoms with van der Waals surface area (Å²) in [5.74, 6) is 0.803. The molecule has 0 bridgehead atoms. The van der Waals surface area contributed by atoms with Gasteiger partial charge in [0.2, 0.25) is 0 Å². The molecule has 0 aliphatic heterocycles. The molecular weight excluding hydrogens is 386 g/mol. The Hall–Kier alpha value is -3.96. The van der Waals surface area contributed by atoms with Crippen molar-refractivity contribution in [1.29, 1.82) is 0 Å². The molecule has 3 aromatic heterocycles. The van der Waals surface area contributed by atoms with Gasteiger partial charge in [-0.25, -0.2) is 4.98 Å². The predicted octanol–water partition coefficient (Wildman–Crippen LogP) is 5.13. The van der Waals surface area contributed by atoms with E-state index in [0.717, 1.165) is 45.2 Å². The Balaban J connectivity index is 1.53. The Labute approximate surface area is 180 Å². The van der Waals surface area contributed by atoms with Crippen LogP contribution >= 0.6 is 0 Å². The predicted molar refractivity (Wildman–Crippen MR) is 121 cm³/mol. The number of hydrogen-bond donors (Lipinski definition) is 1. The van der Waals surface area contributed by atoms with Crippen LogP contribution in [-0.2, 0) is 13.2 Å². The fourth-order valence-electron chi connectivity index (χ4n) is 3.59. The summed E-state index contributed by atoms with van der Waals surface area (Å²) in [7, 11) is 0. The van der Waals surface area contributed by atoms with Crippen molar-refractivity contribution in [2.75, 3.05) is 0 Å². The third-order valence-corrected chi connectivity index (χ3v) is 5.15. The van der Waals surface area contributed by atoms with Crippen LogP contribution in [0.25, 0.3) is 28.3 Å². The molecule has 0 spiro atoms. The van der Waals surface area contributed by atoms with Crippen molar-refractivity contribution >= 4 is 5.65 Å². The maximum absolute atomic E-state index is 9.61. The number of fused-ring (bicyclic) bond motifs is 1. The maximum Gasteiger partial charge on any atom is 0.138 e. The standard InChI is InChI=1S/C26H21N3O2/c30-17-20-9-14-24-28-25(23-8-4-5-15-27-23)26(29(24)16-20)21-10-12-22(13-11-21)31-18-19-6-2-1-3-7-19/h1-16,30H,17-18H2. The number of aliphatic hydroxyl groups is 1. The zero-order valence-electron chi connectivity index (χ0n) is 16.8. The van der Waals surface area contributed by atoms with Gasteiger partial charge in [-0.2, -0.15) is 0 Å². The highest BCUT2D eigenvalue weighted by molar-refractivity contribution is 5.80. The van der Waals surface area contributed by atoms with Crippen LogP contribution < -0.4 is 4.74 Å². The summed E-state index contributed by atoms with van der Waals surface area (Å²) in [6.07, 6.45) is 3.69. The van der Waals surface area contributed by atoms with Gasteiger partial charge in [0, 0.05) is 18.0 Å². The summed E-state index contributed by atoms with van der Waals surface area (Å²) < 4.78 is 7.94. The zero-order valence-corrected chi connectivity index (χ0v) is 16.8. The fourth-order valence-corrected chi connectivity index (χ4v) is 3.59. The molecule has 0 aliphatic rings. The first-order chi connectivity index (χ1) is 15.3. The number of ether oxygens (including phenoxy) is 1. The lowest BCUT2D eigenvalue weighted by atomic mass is 10.1. The van der Waals surface area contributed by atoms with E-state index in [1.807, 2.05) is 95.5 Å². The third kappa shape index (κ3) is 3.91. The van der Waals surface area contributed by atoms with Gasteiger partial charge in [-0.3, -0.25) is 9.38 Å². The van der Waals surface area contributed by atoms with E-state index in [1.54, 1.807) is 6.20 Å². The average Bonchev–Trinajstić information content (AvgIpc) is 3.23.